The molecule has 1 atom stereocenters. The Kier molecular flexibility index (Phi) is 3.34. The van der Waals surface area contributed by atoms with Gasteiger partial charge >= 0.3 is 6.09 Å². The zero-order valence-corrected chi connectivity index (χ0v) is 7.67. The van der Waals surface area contributed by atoms with Crippen molar-refractivity contribution in [1.29, 1.82) is 0 Å². The summed E-state index contributed by atoms with van der Waals surface area (Å²) in [6.45, 7) is 5.20. The smallest absolute Gasteiger partial charge is 0.407 e. The summed E-state index contributed by atoms with van der Waals surface area (Å²) in [5.41, 5.74) is 0. The third-order valence-corrected chi connectivity index (χ3v) is 2.23. The number of nitrogens with one attached hydrogen (secondary N) is 1. The molecule has 0 aromatic heterocycles. The maximum Gasteiger partial charge on any atom is 0.407 e. The van der Waals surface area contributed by atoms with Gasteiger partial charge in [0.25, 0.3) is 0 Å². The minimum Gasteiger partial charge on any atom is -0.453 e. The Hall–Kier alpha value is -0.770. The van der Waals surface area contributed by atoms with E-state index in [2.05, 4.69) is 21.9 Å². The molecule has 1 saturated heterocycles. The molecule has 0 spiro atoms. The molecule has 0 radical (unpaired) electrons. The number of likely N-dealkylation sites (tertiary alicyclic amines) is 1. The van der Waals surface area contributed by atoms with Crippen molar-refractivity contribution >= 4 is 6.09 Å². The van der Waals surface area contributed by atoms with Crippen LogP contribution in [-0.2, 0) is 4.74 Å². The number of amides is 1. The highest BCUT2D eigenvalue weighted by molar-refractivity contribution is 5.67. The summed E-state index contributed by atoms with van der Waals surface area (Å²) in [5, 5.41) is 2.79. The van der Waals surface area contributed by atoms with Gasteiger partial charge in [-0.25, -0.2) is 4.79 Å². The van der Waals surface area contributed by atoms with Gasteiger partial charge in [0.15, 0.2) is 0 Å². The Bertz CT molecular complexity index is 161. The molecular weight excluding hydrogens is 156 g/mol. The predicted molar refractivity (Wildman–Crippen MR) is 46.1 cm³/mol. The van der Waals surface area contributed by atoms with E-state index in [0.717, 1.165) is 26.1 Å². The second kappa shape index (κ2) is 4.30. The molecule has 1 aliphatic rings. The summed E-state index contributed by atoms with van der Waals surface area (Å²) in [7, 11) is 1.39. The van der Waals surface area contributed by atoms with Gasteiger partial charge < -0.3 is 15.0 Å². The number of nitrogens with zero attached hydrogens (tertiary/aromatic N) is 1. The molecular formula is C8H16N2O2. The lowest BCUT2D eigenvalue weighted by Crippen LogP contribution is -2.36. The second-order valence-corrected chi connectivity index (χ2v) is 3.01. The van der Waals surface area contributed by atoms with E-state index in [4.69, 9.17) is 0 Å². The van der Waals surface area contributed by atoms with Crippen LogP contribution >= 0.6 is 0 Å². The number of carbonyl (C=O) groups excluding carboxylic acids is 1. The van der Waals surface area contributed by atoms with Crippen molar-refractivity contribution < 1.29 is 9.53 Å². The number of carbonyl (C=O) groups is 1. The van der Waals surface area contributed by atoms with Crippen molar-refractivity contribution in [3.63, 3.8) is 0 Å². The first kappa shape index (κ1) is 9.32. The summed E-state index contributed by atoms with van der Waals surface area (Å²) in [4.78, 5) is 13.1. The standard InChI is InChI=1S/C8H16N2O2/c1-3-10-5-4-7(6-10)9-8(11)12-2/h7H,3-6H2,1-2H3,(H,9,11). The van der Waals surface area contributed by atoms with Crippen LogP contribution in [0.2, 0.25) is 0 Å². The van der Waals surface area contributed by atoms with E-state index in [0.29, 0.717) is 0 Å². The van der Waals surface area contributed by atoms with E-state index >= 15 is 0 Å². The van der Waals surface area contributed by atoms with Gasteiger partial charge in [0.2, 0.25) is 0 Å². The number of ether oxygens (including phenoxy) is 1. The molecule has 0 aliphatic carbocycles. The summed E-state index contributed by atoms with van der Waals surface area (Å²) in [6, 6.07) is 0.275. The lowest BCUT2D eigenvalue weighted by molar-refractivity contribution is 0.166. The molecule has 1 amide bonds. The molecule has 0 aromatic rings. The lowest BCUT2D eigenvalue weighted by atomic mass is 10.3. The van der Waals surface area contributed by atoms with Gasteiger partial charge in [0.1, 0.15) is 0 Å². The van der Waals surface area contributed by atoms with Gasteiger partial charge in [0.05, 0.1) is 7.11 Å². The average Bonchev–Trinajstić information content (AvgIpc) is 2.52. The van der Waals surface area contributed by atoms with Crippen molar-refractivity contribution in [2.75, 3.05) is 26.7 Å². The first-order valence-electron chi connectivity index (χ1n) is 4.33. The SMILES string of the molecule is CCN1CCC(NC(=O)OC)C1. The van der Waals surface area contributed by atoms with Crippen molar-refractivity contribution in [3.05, 3.63) is 0 Å². The van der Waals surface area contributed by atoms with E-state index in [1.165, 1.54) is 7.11 Å². The molecule has 0 aromatic carbocycles. The largest absolute Gasteiger partial charge is 0.453 e. The van der Waals surface area contributed by atoms with Gasteiger partial charge in [-0.3, -0.25) is 0 Å². The van der Waals surface area contributed by atoms with E-state index in [-0.39, 0.29) is 12.1 Å². The van der Waals surface area contributed by atoms with Crippen LogP contribution in [0.1, 0.15) is 13.3 Å². The van der Waals surface area contributed by atoms with Crippen LogP contribution in [0.5, 0.6) is 0 Å². The molecule has 1 N–H and O–H groups in total. The second-order valence-electron chi connectivity index (χ2n) is 3.01. The van der Waals surface area contributed by atoms with Crippen molar-refractivity contribution in [1.82, 2.24) is 10.2 Å². The molecule has 0 bridgehead atoms. The van der Waals surface area contributed by atoms with Crippen LogP contribution in [0.25, 0.3) is 0 Å². The van der Waals surface area contributed by atoms with Gasteiger partial charge in [-0.05, 0) is 13.0 Å². The maximum absolute atomic E-state index is 10.8. The molecule has 0 saturated carbocycles. The highest BCUT2D eigenvalue weighted by Gasteiger charge is 2.22. The summed E-state index contributed by atoms with van der Waals surface area (Å²) < 4.78 is 4.51. The van der Waals surface area contributed by atoms with Gasteiger partial charge in [-0.2, -0.15) is 0 Å². The minimum atomic E-state index is -0.321. The Morgan fingerprint density at radius 1 is 1.75 bits per heavy atom. The van der Waals surface area contributed by atoms with Crippen molar-refractivity contribution in [3.8, 4) is 0 Å². The van der Waals surface area contributed by atoms with E-state index in [1.807, 2.05) is 0 Å². The Morgan fingerprint density at radius 3 is 3.00 bits per heavy atom. The molecule has 4 heteroatoms. The Labute approximate surface area is 72.9 Å². The number of likely N-dealkylation sites (N-methyl/N-ethyl adjacent to an activating group) is 1. The van der Waals surface area contributed by atoms with Crippen LogP contribution in [0.3, 0.4) is 0 Å². The fraction of sp³-hybridized carbons (Fsp3) is 0.875. The third kappa shape index (κ3) is 2.37. The Morgan fingerprint density at radius 2 is 2.50 bits per heavy atom. The van der Waals surface area contributed by atoms with Crippen LogP contribution < -0.4 is 5.32 Å². The van der Waals surface area contributed by atoms with Gasteiger partial charge in [-0.15, -0.1) is 0 Å². The topological polar surface area (TPSA) is 41.6 Å². The minimum absolute atomic E-state index is 0.275. The van der Waals surface area contributed by atoms with E-state index in [9.17, 15) is 4.79 Å². The quantitative estimate of drug-likeness (QED) is 0.657. The molecule has 1 aliphatic heterocycles. The van der Waals surface area contributed by atoms with E-state index < -0.39 is 0 Å². The highest BCUT2D eigenvalue weighted by atomic mass is 16.5. The van der Waals surface area contributed by atoms with Crippen LogP contribution in [-0.4, -0.2) is 43.8 Å². The maximum atomic E-state index is 10.8. The summed E-state index contributed by atoms with van der Waals surface area (Å²) in [6.07, 6.45) is 0.709. The lowest BCUT2D eigenvalue weighted by Gasteiger charge is -2.13. The van der Waals surface area contributed by atoms with Crippen molar-refractivity contribution in [2.24, 2.45) is 0 Å². The monoisotopic (exact) mass is 172 g/mol. The predicted octanol–water partition coefficient (Wildman–Crippen LogP) is 0.437. The van der Waals surface area contributed by atoms with Gasteiger partial charge in [-0.1, -0.05) is 6.92 Å². The zero-order chi connectivity index (χ0) is 8.97. The normalized spacial score (nSPS) is 24.0. The summed E-state index contributed by atoms with van der Waals surface area (Å²) in [5.74, 6) is 0. The van der Waals surface area contributed by atoms with E-state index in [1.54, 1.807) is 0 Å². The number of rotatable bonds is 2. The first-order chi connectivity index (χ1) is 5.76. The molecule has 1 rings (SSSR count). The van der Waals surface area contributed by atoms with Crippen LogP contribution in [0.4, 0.5) is 4.79 Å². The summed E-state index contributed by atoms with van der Waals surface area (Å²) >= 11 is 0. The number of hydrogen-bond acceptors (Lipinski definition) is 3. The average molecular weight is 172 g/mol. The fourth-order valence-corrected chi connectivity index (χ4v) is 1.46. The molecule has 1 fully saturated rings. The molecule has 1 unspecified atom stereocenters. The van der Waals surface area contributed by atoms with Gasteiger partial charge in [0, 0.05) is 19.1 Å². The zero-order valence-electron chi connectivity index (χ0n) is 7.67. The van der Waals surface area contributed by atoms with Crippen molar-refractivity contribution in [2.45, 2.75) is 19.4 Å². The molecule has 4 nitrogen and oxygen atoms in total. The number of hydrogen-bond donors (Lipinski definition) is 1. The molecule has 12 heavy (non-hydrogen) atoms. The van der Waals surface area contributed by atoms with Crippen LogP contribution in [0, 0.1) is 0 Å². The number of methoxy groups -OCH3 is 1. The fourth-order valence-electron chi connectivity index (χ4n) is 1.46. The first-order valence-corrected chi connectivity index (χ1v) is 4.33. The highest BCUT2D eigenvalue weighted by Crippen LogP contribution is 2.07. The molecule has 1 heterocycles. The number of alkyl carbamates (subject to hydrolysis) is 1. The third-order valence-electron chi connectivity index (χ3n) is 2.23. The molecule has 70 valence electrons. The Balaban J connectivity index is 2.23. The van der Waals surface area contributed by atoms with Crippen LogP contribution in [0.15, 0.2) is 0 Å².